The second-order valence-electron chi connectivity index (χ2n) is 6.08. The summed E-state index contributed by atoms with van der Waals surface area (Å²) < 4.78 is 5.29. The lowest BCUT2D eigenvalue weighted by molar-refractivity contribution is -0.0401. The van der Waals surface area contributed by atoms with Crippen molar-refractivity contribution in [3.05, 3.63) is 30.2 Å². The lowest BCUT2D eigenvalue weighted by Crippen LogP contribution is -2.43. The van der Waals surface area contributed by atoms with Crippen molar-refractivity contribution in [2.24, 2.45) is 17.8 Å². The van der Waals surface area contributed by atoms with Crippen molar-refractivity contribution >= 4 is 6.08 Å². The molecule has 0 amide bonds. The van der Waals surface area contributed by atoms with Crippen molar-refractivity contribution in [2.75, 3.05) is 0 Å². The van der Waals surface area contributed by atoms with Gasteiger partial charge in [-0.1, -0.05) is 27.2 Å². The molecule has 100 valence electrons. The molecule has 0 bridgehead atoms. The fourth-order valence-corrected chi connectivity index (χ4v) is 3.24. The van der Waals surface area contributed by atoms with Gasteiger partial charge < -0.3 is 9.52 Å². The van der Waals surface area contributed by atoms with Crippen LogP contribution in [0.2, 0.25) is 0 Å². The smallest absolute Gasteiger partial charge is 0.126 e. The molecule has 1 aromatic heterocycles. The summed E-state index contributed by atoms with van der Waals surface area (Å²) in [4.78, 5) is 0. The number of hydrogen-bond acceptors (Lipinski definition) is 2. The molecule has 1 aliphatic carbocycles. The molecule has 1 N–H and O–H groups in total. The maximum atomic E-state index is 10.9. The highest BCUT2D eigenvalue weighted by Gasteiger charge is 2.40. The number of rotatable bonds is 3. The molecule has 0 spiro atoms. The largest absolute Gasteiger partial charge is 0.465 e. The molecule has 0 saturated heterocycles. The van der Waals surface area contributed by atoms with Crippen LogP contribution in [-0.4, -0.2) is 10.7 Å². The Balaban J connectivity index is 2.18. The van der Waals surface area contributed by atoms with Gasteiger partial charge in [0.25, 0.3) is 0 Å². The van der Waals surface area contributed by atoms with Gasteiger partial charge in [-0.3, -0.25) is 0 Å². The van der Waals surface area contributed by atoms with Crippen molar-refractivity contribution < 1.29 is 9.52 Å². The molecule has 2 heteroatoms. The second-order valence-corrected chi connectivity index (χ2v) is 6.08. The van der Waals surface area contributed by atoms with E-state index in [0.29, 0.717) is 17.8 Å². The highest BCUT2D eigenvalue weighted by molar-refractivity contribution is 5.44. The Bertz CT molecular complexity index is 391. The summed E-state index contributed by atoms with van der Waals surface area (Å²) in [6.45, 7) is 6.63. The third kappa shape index (κ3) is 2.86. The van der Waals surface area contributed by atoms with Crippen LogP contribution >= 0.6 is 0 Å². The topological polar surface area (TPSA) is 33.4 Å². The highest BCUT2D eigenvalue weighted by atomic mass is 16.3. The highest BCUT2D eigenvalue weighted by Crippen LogP contribution is 2.42. The molecule has 2 nitrogen and oxygen atoms in total. The third-order valence-corrected chi connectivity index (χ3v) is 4.17. The Hall–Kier alpha value is -1.02. The van der Waals surface area contributed by atoms with Crippen LogP contribution in [0.3, 0.4) is 0 Å². The van der Waals surface area contributed by atoms with Crippen LogP contribution in [0.25, 0.3) is 6.08 Å². The van der Waals surface area contributed by atoms with E-state index < -0.39 is 5.60 Å². The van der Waals surface area contributed by atoms with E-state index in [9.17, 15) is 5.11 Å². The second kappa shape index (κ2) is 5.31. The Morgan fingerprint density at radius 3 is 2.83 bits per heavy atom. The zero-order valence-corrected chi connectivity index (χ0v) is 11.6. The van der Waals surface area contributed by atoms with E-state index in [1.807, 2.05) is 24.3 Å². The standard InChI is InChI=1S/C16H24O2/c1-12(2)15-7-6-13(3)11-16(15,17)9-8-14-5-4-10-18-14/h4-5,8-10,12-13,15,17H,6-7,11H2,1-3H3/b9-8+/t13-,15+,16+/m1/s1. The van der Waals surface area contributed by atoms with Crippen LogP contribution in [0.5, 0.6) is 0 Å². The summed E-state index contributed by atoms with van der Waals surface area (Å²) in [5, 5.41) is 10.9. The molecule has 0 aliphatic heterocycles. The molecule has 0 radical (unpaired) electrons. The van der Waals surface area contributed by atoms with Crippen LogP contribution in [0.15, 0.2) is 28.9 Å². The minimum Gasteiger partial charge on any atom is -0.465 e. The van der Waals surface area contributed by atoms with E-state index in [1.54, 1.807) is 6.26 Å². The van der Waals surface area contributed by atoms with Crippen molar-refractivity contribution in [1.29, 1.82) is 0 Å². The van der Waals surface area contributed by atoms with E-state index in [1.165, 1.54) is 6.42 Å². The summed E-state index contributed by atoms with van der Waals surface area (Å²) in [5.74, 6) is 2.25. The first-order valence-electron chi connectivity index (χ1n) is 6.96. The molecule has 1 fully saturated rings. The molecular formula is C16H24O2. The van der Waals surface area contributed by atoms with E-state index in [-0.39, 0.29) is 0 Å². The number of hydrogen-bond donors (Lipinski definition) is 1. The molecule has 2 rings (SSSR count). The van der Waals surface area contributed by atoms with Gasteiger partial charge in [0.2, 0.25) is 0 Å². The van der Waals surface area contributed by atoms with E-state index in [0.717, 1.165) is 18.6 Å². The first-order valence-corrected chi connectivity index (χ1v) is 6.96. The van der Waals surface area contributed by atoms with Gasteiger partial charge in [0.05, 0.1) is 11.9 Å². The van der Waals surface area contributed by atoms with Gasteiger partial charge in [-0.05, 0) is 54.9 Å². The molecule has 1 saturated carbocycles. The lowest BCUT2D eigenvalue weighted by atomic mass is 9.67. The molecule has 1 aromatic rings. The fourth-order valence-electron chi connectivity index (χ4n) is 3.24. The van der Waals surface area contributed by atoms with Gasteiger partial charge in [-0.25, -0.2) is 0 Å². The Kier molecular flexibility index (Phi) is 3.96. The molecule has 3 atom stereocenters. The first-order chi connectivity index (χ1) is 8.51. The summed E-state index contributed by atoms with van der Waals surface area (Å²) in [6, 6.07) is 3.78. The van der Waals surface area contributed by atoms with Gasteiger partial charge in [0, 0.05) is 0 Å². The Morgan fingerprint density at radius 2 is 2.22 bits per heavy atom. The van der Waals surface area contributed by atoms with Crippen LogP contribution in [0.1, 0.15) is 45.8 Å². The molecule has 18 heavy (non-hydrogen) atoms. The van der Waals surface area contributed by atoms with Gasteiger partial charge >= 0.3 is 0 Å². The average Bonchev–Trinajstić information content (AvgIpc) is 2.78. The van der Waals surface area contributed by atoms with E-state index in [4.69, 9.17) is 4.42 Å². The SMILES string of the molecule is CC(C)[C@@H]1CC[C@@H](C)C[C@@]1(O)/C=C/c1ccco1. The Labute approximate surface area is 110 Å². The van der Waals surface area contributed by atoms with Gasteiger partial charge in [-0.2, -0.15) is 0 Å². The first kappa shape index (κ1) is 13.4. The van der Waals surface area contributed by atoms with Crippen LogP contribution in [0, 0.1) is 17.8 Å². The number of furan rings is 1. The predicted molar refractivity (Wildman–Crippen MR) is 74.0 cm³/mol. The normalized spacial score (nSPS) is 33.4. The monoisotopic (exact) mass is 248 g/mol. The Morgan fingerprint density at radius 1 is 1.44 bits per heavy atom. The average molecular weight is 248 g/mol. The quantitative estimate of drug-likeness (QED) is 0.873. The summed E-state index contributed by atoms with van der Waals surface area (Å²) in [5.41, 5.74) is -0.682. The minimum atomic E-state index is -0.682. The third-order valence-electron chi connectivity index (χ3n) is 4.17. The molecule has 1 heterocycles. The van der Waals surface area contributed by atoms with Crippen LogP contribution in [-0.2, 0) is 0 Å². The maximum Gasteiger partial charge on any atom is 0.126 e. The summed E-state index contributed by atoms with van der Waals surface area (Å²) in [7, 11) is 0. The number of aliphatic hydroxyl groups is 1. The molecule has 1 aliphatic rings. The van der Waals surface area contributed by atoms with Crippen LogP contribution < -0.4 is 0 Å². The molecule has 0 aromatic carbocycles. The molecule has 0 unspecified atom stereocenters. The zero-order chi connectivity index (χ0) is 13.2. The summed E-state index contributed by atoms with van der Waals surface area (Å²) >= 11 is 0. The van der Waals surface area contributed by atoms with Gasteiger partial charge in [-0.15, -0.1) is 0 Å². The van der Waals surface area contributed by atoms with Crippen molar-refractivity contribution in [2.45, 2.75) is 45.6 Å². The predicted octanol–water partition coefficient (Wildman–Crippen LogP) is 4.12. The lowest BCUT2D eigenvalue weighted by Gasteiger charge is -2.43. The minimum absolute atomic E-state index is 0.347. The van der Waals surface area contributed by atoms with Crippen molar-refractivity contribution in [3.63, 3.8) is 0 Å². The van der Waals surface area contributed by atoms with Crippen molar-refractivity contribution in [3.8, 4) is 0 Å². The van der Waals surface area contributed by atoms with Crippen LogP contribution in [0.4, 0.5) is 0 Å². The van der Waals surface area contributed by atoms with Crippen molar-refractivity contribution in [1.82, 2.24) is 0 Å². The van der Waals surface area contributed by atoms with E-state index in [2.05, 4.69) is 20.8 Å². The fraction of sp³-hybridized carbons (Fsp3) is 0.625. The van der Waals surface area contributed by atoms with E-state index >= 15 is 0 Å². The van der Waals surface area contributed by atoms with Gasteiger partial charge in [0.1, 0.15) is 5.76 Å². The maximum absolute atomic E-state index is 10.9. The molecular weight excluding hydrogens is 224 g/mol. The summed E-state index contributed by atoms with van der Waals surface area (Å²) in [6.07, 6.45) is 8.71. The zero-order valence-electron chi connectivity index (χ0n) is 11.6. The van der Waals surface area contributed by atoms with Gasteiger partial charge in [0.15, 0.2) is 0 Å².